The van der Waals surface area contributed by atoms with Crippen molar-refractivity contribution in [3.05, 3.63) is 11.4 Å². The second kappa shape index (κ2) is 4.11. The molecule has 98 valence electrons. The summed E-state index contributed by atoms with van der Waals surface area (Å²) in [5.74, 6) is 0. The van der Waals surface area contributed by atoms with Crippen molar-refractivity contribution < 1.29 is 4.68 Å². The third-order valence-electron chi connectivity index (χ3n) is 2.94. The fourth-order valence-corrected chi connectivity index (χ4v) is 2.28. The van der Waals surface area contributed by atoms with Crippen molar-refractivity contribution in [1.82, 2.24) is 9.90 Å². The highest BCUT2D eigenvalue weighted by molar-refractivity contribution is 5.21. The lowest BCUT2D eigenvalue weighted by atomic mass is 9.82. The van der Waals surface area contributed by atoms with Crippen LogP contribution in [0.5, 0.6) is 0 Å². The molecule has 0 amide bonds. The second-order valence-electron chi connectivity index (χ2n) is 7.23. The maximum Gasteiger partial charge on any atom is 0.227 e. The molecule has 3 nitrogen and oxygen atoms in total. The van der Waals surface area contributed by atoms with Crippen molar-refractivity contribution in [3.8, 4) is 0 Å². The van der Waals surface area contributed by atoms with E-state index < -0.39 is 0 Å². The van der Waals surface area contributed by atoms with Crippen molar-refractivity contribution in [2.24, 2.45) is 7.05 Å². The van der Waals surface area contributed by atoms with Gasteiger partial charge in [-0.05, 0) is 18.6 Å². The van der Waals surface area contributed by atoms with Crippen molar-refractivity contribution in [1.29, 1.82) is 0 Å². The Kier molecular flexibility index (Phi) is 3.43. The minimum Gasteiger partial charge on any atom is -0.159 e. The minimum atomic E-state index is 0.0838. The normalized spacial score (nSPS) is 13.5. The molecule has 0 aromatic carbocycles. The molecule has 0 fully saturated rings. The fraction of sp³-hybridized carbons (Fsp3) is 0.857. The smallest absolute Gasteiger partial charge is 0.159 e. The first kappa shape index (κ1) is 14.2. The van der Waals surface area contributed by atoms with Gasteiger partial charge in [-0.1, -0.05) is 41.5 Å². The van der Waals surface area contributed by atoms with E-state index in [1.165, 1.54) is 11.4 Å². The standard InChI is InChI=1S/C14H28N3/c1-10(2)17-15-11(13(3,4)5)12(16(17)9)14(6,7)8/h10H,1-9H3/q+1. The molecule has 0 radical (unpaired) electrons. The van der Waals surface area contributed by atoms with Gasteiger partial charge in [0.15, 0.2) is 5.69 Å². The van der Waals surface area contributed by atoms with E-state index in [1.54, 1.807) is 0 Å². The third-order valence-corrected chi connectivity index (χ3v) is 2.94. The summed E-state index contributed by atoms with van der Waals surface area (Å²) in [5, 5.41) is 4.83. The number of nitrogens with zero attached hydrogens (tertiary/aromatic N) is 3. The van der Waals surface area contributed by atoms with Crippen LogP contribution in [0.1, 0.15) is 72.8 Å². The molecule has 0 saturated heterocycles. The van der Waals surface area contributed by atoms with Gasteiger partial charge >= 0.3 is 0 Å². The van der Waals surface area contributed by atoms with Crippen molar-refractivity contribution in [2.75, 3.05) is 0 Å². The van der Waals surface area contributed by atoms with Gasteiger partial charge in [-0.15, -0.1) is 0 Å². The third kappa shape index (κ3) is 2.70. The highest BCUT2D eigenvalue weighted by atomic mass is 15.6. The lowest BCUT2D eigenvalue weighted by Crippen LogP contribution is -2.47. The van der Waals surface area contributed by atoms with Crippen LogP contribution in [0.25, 0.3) is 0 Å². The molecule has 1 aromatic rings. The summed E-state index contributed by atoms with van der Waals surface area (Å²) in [5.41, 5.74) is 2.74. The molecule has 1 aromatic heterocycles. The molecule has 3 heteroatoms. The molecule has 0 bridgehead atoms. The van der Waals surface area contributed by atoms with Crippen molar-refractivity contribution in [3.63, 3.8) is 0 Å². The quantitative estimate of drug-likeness (QED) is 0.689. The lowest BCUT2D eigenvalue weighted by molar-refractivity contribution is -0.769. The molecule has 0 aliphatic rings. The van der Waals surface area contributed by atoms with Crippen LogP contribution in [0.3, 0.4) is 0 Å². The number of hydrogen-bond donors (Lipinski definition) is 0. The van der Waals surface area contributed by atoms with Gasteiger partial charge in [0, 0.05) is 15.9 Å². The molecule has 0 aliphatic carbocycles. The van der Waals surface area contributed by atoms with E-state index in [0.29, 0.717) is 6.04 Å². The summed E-state index contributed by atoms with van der Waals surface area (Å²) >= 11 is 0. The molecule has 0 aliphatic heterocycles. The Morgan fingerprint density at radius 2 is 1.47 bits per heavy atom. The molecule has 1 heterocycles. The Balaban J connectivity index is 3.55. The molecule has 0 saturated carbocycles. The van der Waals surface area contributed by atoms with Gasteiger partial charge in [0.1, 0.15) is 13.1 Å². The zero-order valence-electron chi connectivity index (χ0n) is 12.9. The molecule has 0 atom stereocenters. The van der Waals surface area contributed by atoms with E-state index in [1.807, 2.05) is 0 Å². The summed E-state index contributed by atoms with van der Waals surface area (Å²) in [6, 6.07) is 0.386. The summed E-state index contributed by atoms with van der Waals surface area (Å²) in [6.07, 6.45) is 0. The maximum absolute atomic E-state index is 4.83. The van der Waals surface area contributed by atoms with Crippen LogP contribution in [0.2, 0.25) is 0 Å². The Bertz CT molecular complexity index is 400. The molecule has 0 N–H and O–H groups in total. The number of aromatic nitrogens is 3. The Morgan fingerprint density at radius 1 is 1.00 bits per heavy atom. The Morgan fingerprint density at radius 3 is 1.71 bits per heavy atom. The van der Waals surface area contributed by atoms with Gasteiger partial charge < -0.3 is 0 Å². The van der Waals surface area contributed by atoms with Crippen LogP contribution in [-0.2, 0) is 17.9 Å². The zero-order valence-corrected chi connectivity index (χ0v) is 12.9. The van der Waals surface area contributed by atoms with Gasteiger partial charge in [0.25, 0.3) is 0 Å². The summed E-state index contributed by atoms with van der Waals surface area (Å²) < 4.78 is 2.21. The second-order valence-corrected chi connectivity index (χ2v) is 7.23. The molecular weight excluding hydrogens is 210 g/mol. The monoisotopic (exact) mass is 238 g/mol. The van der Waals surface area contributed by atoms with Gasteiger partial charge in [0.05, 0.1) is 0 Å². The average molecular weight is 238 g/mol. The maximum atomic E-state index is 4.83. The molecule has 17 heavy (non-hydrogen) atoms. The number of hydrogen-bond acceptors (Lipinski definition) is 1. The largest absolute Gasteiger partial charge is 0.227 e. The number of rotatable bonds is 1. The van der Waals surface area contributed by atoms with E-state index in [4.69, 9.17) is 5.10 Å². The molecular formula is C14H28N3+. The molecule has 0 spiro atoms. The predicted molar refractivity (Wildman–Crippen MR) is 71.2 cm³/mol. The summed E-state index contributed by atoms with van der Waals surface area (Å²) in [7, 11) is 2.11. The first-order valence-electron chi connectivity index (χ1n) is 6.46. The summed E-state index contributed by atoms with van der Waals surface area (Å²) in [4.78, 5) is 2.08. The average Bonchev–Trinajstić information content (AvgIpc) is 2.40. The van der Waals surface area contributed by atoms with E-state index >= 15 is 0 Å². The van der Waals surface area contributed by atoms with Crippen LogP contribution in [0.15, 0.2) is 0 Å². The zero-order chi connectivity index (χ0) is 13.6. The van der Waals surface area contributed by atoms with Gasteiger partial charge in [-0.25, -0.2) is 0 Å². The van der Waals surface area contributed by atoms with Crippen LogP contribution < -0.4 is 4.68 Å². The van der Waals surface area contributed by atoms with E-state index in [-0.39, 0.29) is 10.8 Å². The summed E-state index contributed by atoms with van der Waals surface area (Å²) in [6.45, 7) is 17.8. The molecule has 0 unspecified atom stereocenters. The van der Waals surface area contributed by atoms with E-state index in [2.05, 4.69) is 71.9 Å². The first-order valence-corrected chi connectivity index (χ1v) is 6.46. The highest BCUT2D eigenvalue weighted by Gasteiger charge is 2.39. The predicted octanol–water partition coefficient (Wildman–Crippen LogP) is 2.88. The highest BCUT2D eigenvalue weighted by Crippen LogP contribution is 2.30. The van der Waals surface area contributed by atoms with E-state index in [9.17, 15) is 0 Å². The van der Waals surface area contributed by atoms with Gasteiger partial charge in [-0.3, -0.25) is 0 Å². The van der Waals surface area contributed by atoms with Gasteiger partial charge in [0.2, 0.25) is 5.69 Å². The van der Waals surface area contributed by atoms with Crippen LogP contribution >= 0.6 is 0 Å². The van der Waals surface area contributed by atoms with Crippen molar-refractivity contribution in [2.45, 2.75) is 72.3 Å². The van der Waals surface area contributed by atoms with Crippen LogP contribution in [0, 0.1) is 0 Å². The van der Waals surface area contributed by atoms with Gasteiger partial charge in [-0.2, -0.15) is 4.68 Å². The molecule has 1 rings (SSSR count). The van der Waals surface area contributed by atoms with E-state index in [0.717, 1.165) is 0 Å². The SMILES string of the molecule is CC(C)n1nc(C(C)(C)C)c(C(C)(C)C)[n+]1C. The lowest BCUT2D eigenvalue weighted by Gasteiger charge is -2.20. The first-order chi connectivity index (χ1) is 7.46. The topological polar surface area (TPSA) is 21.7 Å². The van der Waals surface area contributed by atoms with Crippen LogP contribution in [-0.4, -0.2) is 9.90 Å². The van der Waals surface area contributed by atoms with Crippen molar-refractivity contribution >= 4 is 0 Å². The van der Waals surface area contributed by atoms with Crippen LogP contribution in [0.4, 0.5) is 0 Å². The minimum absolute atomic E-state index is 0.0838. The fourth-order valence-electron chi connectivity index (χ4n) is 2.28. The Hall–Kier alpha value is -0.860. The Labute approximate surface area is 106 Å².